The summed E-state index contributed by atoms with van der Waals surface area (Å²) in [5.74, 6) is 1.27. The zero-order valence-corrected chi connectivity index (χ0v) is 21.0. The van der Waals surface area contributed by atoms with E-state index >= 15 is 0 Å². The predicted octanol–water partition coefficient (Wildman–Crippen LogP) is 6.02. The average molecular weight is 484 g/mol. The number of aliphatic hydroxyl groups is 1. The zero-order chi connectivity index (χ0) is 24.0. The number of hydrogen-bond acceptors (Lipinski definition) is 4. The molecule has 1 heterocycles. The number of benzene rings is 2. The van der Waals surface area contributed by atoms with Crippen LogP contribution in [-0.4, -0.2) is 41.8 Å². The van der Waals surface area contributed by atoms with Gasteiger partial charge in [0, 0.05) is 5.92 Å². The first-order valence-corrected chi connectivity index (χ1v) is 12.7. The molecule has 3 aromatic rings. The molecule has 0 spiro atoms. The topological polar surface area (TPSA) is 55.5 Å². The van der Waals surface area contributed by atoms with Crippen molar-refractivity contribution in [1.29, 1.82) is 0 Å². The van der Waals surface area contributed by atoms with Crippen LogP contribution in [0.15, 0.2) is 71.3 Å². The van der Waals surface area contributed by atoms with Gasteiger partial charge in [0.2, 0.25) is 5.89 Å². The molecule has 4 rings (SSSR count). The van der Waals surface area contributed by atoms with E-state index in [4.69, 9.17) is 20.8 Å². The normalized spacial score (nSPS) is 17.9. The van der Waals surface area contributed by atoms with Crippen molar-refractivity contribution >= 4 is 11.6 Å². The molecule has 1 aliphatic rings. The largest absolute Gasteiger partial charge is 0.436 e. The molecular formula is C28H36ClN2O3+. The van der Waals surface area contributed by atoms with Crippen molar-refractivity contribution in [2.24, 2.45) is 5.92 Å². The van der Waals surface area contributed by atoms with Crippen LogP contribution >= 0.6 is 11.6 Å². The van der Waals surface area contributed by atoms with Crippen molar-refractivity contribution in [2.45, 2.75) is 49.8 Å². The summed E-state index contributed by atoms with van der Waals surface area (Å²) < 4.78 is 12.8. The minimum absolute atomic E-state index is 0.102. The van der Waals surface area contributed by atoms with Gasteiger partial charge in [0.05, 0.1) is 26.9 Å². The molecule has 1 fully saturated rings. The Bertz CT molecular complexity index is 1020. The maximum absolute atomic E-state index is 12.0. The Morgan fingerprint density at radius 1 is 1.06 bits per heavy atom. The highest BCUT2D eigenvalue weighted by Crippen LogP contribution is 2.43. The lowest BCUT2D eigenvalue weighted by Crippen LogP contribution is -2.41. The molecule has 34 heavy (non-hydrogen) atoms. The Morgan fingerprint density at radius 3 is 2.38 bits per heavy atom. The van der Waals surface area contributed by atoms with Gasteiger partial charge >= 0.3 is 0 Å². The first-order chi connectivity index (χ1) is 16.4. The Morgan fingerprint density at radius 2 is 1.71 bits per heavy atom. The van der Waals surface area contributed by atoms with E-state index in [2.05, 4.69) is 19.1 Å². The monoisotopic (exact) mass is 483 g/mol. The summed E-state index contributed by atoms with van der Waals surface area (Å²) in [5, 5.41) is 12.0. The summed E-state index contributed by atoms with van der Waals surface area (Å²) in [7, 11) is 4.25. The lowest BCUT2D eigenvalue weighted by Gasteiger charge is -2.36. The van der Waals surface area contributed by atoms with Gasteiger partial charge in [-0.3, -0.25) is 0 Å². The van der Waals surface area contributed by atoms with E-state index in [0.717, 1.165) is 49.1 Å². The number of rotatable bonds is 10. The van der Waals surface area contributed by atoms with Crippen molar-refractivity contribution in [3.05, 3.63) is 89.6 Å². The average Bonchev–Trinajstić information content (AvgIpc) is 3.33. The third kappa shape index (κ3) is 5.89. The molecule has 1 unspecified atom stereocenters. The number of aromatic nitrogens is 1. The first kappa shape index (κ1) is 24.9. The van der Waals surface area contributed by atoms with Crippen molar-refractivity contribution in [3.8, 4) is 0 Å². The van der Waals surface area contributed by atoms with E-state index in [0.29, 0.717) is 23.5 Å². The molecular weight excluding hydrogens is 448 g/mol. The van der Waals surface area contributed by atoms with Crippen molar-refractivity contribution in [2.75, 3.05) is 27.2 Å². The number of quaternary nitrogens is 1. The zero-order valence-electron chi connectivity index (χ0n) is 20.2. The molecule has 2 atom stereocenters. The van der Waals surface area contributed by atoms with Gasteiger partial charge in [-0.25, -0.2) is 4.98 Å². The van der Waals surface area contributed by atoms with Gasteiger partial charge in [0.15, 0.2) is 16.9 Å². The Labute approximate surface area is 207 Å². The van der Waals surface area contributed by atoms with Gasteiger partial charge in [-0.1, -0.05) is 91.5 Å². The van der Waals surface area contributed by atoms with Crippen LogP contribution in [0.5, 0.6) is 0 Å². The number of halogens is 1. The minimum atomic E-state index is -1.21. The summed E-state index contributed by atoms with van der Waals surface area (Å²) in [6, 6.07) is 19.7. The van der Waals surface area contributed by atoms with Gasteiger partial charge in [0.25, 0.3) is 0 Å². The molecule has 182 valence electrons. The first-order valence-electron chi connectivity index (χ1n) is 12.2. The van der Waals surface area contributed by atoms with Crippen LogP contribution in [-0.2, 0) is 16.9 Å². The molecule has 0 saturated heterocycles. The summed E-state index contributed by atoms with van der Waals surface area (Å²) in [6.07, 6.45) is 7.19. The molecule has 0 bridgehead atoms. The van der Waals surface area contributed by atoms with E-state index in [-0.39, 0.29) is 5.92 Å². The summed E-state index contributed by atoms with van der Waals surface area (Å²) in [6.45, 7) is 1.93. The molecule has 2 aromatic carbocycles. The fourth-order valence-corrected chi connectivity index (χ4v) is 5.14. The number of alkyl halides is 1. The number of oxazole rings is 1. The predicted molar refractivity (Wildman–Crippen MR) is 134 cm³/mol. The van der Waals surface area contributed by atoms with Crippen molar-refractivity contribution < 1.29 is 18.7 Å². The SMILES string of the molecule is C[N+](C)(CCOC(Cl)c1ccccc1)Cc1cnc([C@](O)(c2ccccc2)C2CCCCC2)o1. The second-order valence-electron chi connectivity index (χ2n) is 10.0. The molecule has 5 nitrogen and oxygen atoms in total. The van der Waals surface area contributed by atoms with Crippen molar-refractivity contribution in [1.82, 2.24) is 4.98 Å². The molecule has 6 heteroatoms. The van der Waals surface area contributed by atoms with Crippen LogP contribution in [0.3, 0.4) is 0 Å². The van der Waals surface area contributed by atoms with Gasteiger partial charge in [-0.05, 0) is 24.0 Å². The van der Waals surface area contributed by atoms with Crippen LogP contribution in [0.2, 0.25) is 0 Å². The maximum atomic E-state index is 12.0. The van der Waals surface area contributed by atoms with Gasteiger partial charge in [0.1, 0.15) is 13.1 Å². The maximum Gasteiger partial charge on any atom is 0.231 e. The van der Waals surface area contributed by atoms with E-state index < -0.39 is 11.2 Å². The van der Waals surface area contributed by atoms with Gasteiger partial charge < -0.3 is 18.7 Å². The highest BCUT2D eigenvalue weighted by atomic mass is 35.5. The smallest absolute Gasteiger partial charge is 0.231 e. The summed E-state index contributed by atoms with van der Waals surface area (Å²) >= 11 is 6.40. The van der Waals surface area contributed by atoms with Crippen LogP contribution in [0.1, 0.15) is 60.4 Å². The standard InChI is InChI=1S/C28H36ClN2O3/c1-31(2,18-19-33-26(29)22-12-6-3-7-13-22)21-25-20-30-27(34-25)28(32,23-14-8-4-9-15-23)24-16-10-5-11-17-24/h3-4,6-9,12-15,20,24,26,32H,5,10-11,16-19,21H2,1-2H3/q+1/t26?,28-/m0/s1. The Balaban J connectivity index is 1.43. The number of likely N-dealkylation sites (N-methyl/N-ethyl adjacent to an activating group) is 1. The second-order valence-corrected chi connectivity index (χ2v) is 10.4. The quantitative estimate of drug-likeness (QED) is 0.283. The van der Waals surface area contributed by atoms with E-state index in [1.807, 2.05) is 60.7 Å². The number of hydrogen-bond donors (Lipinski definition) is 1. The molecule has 0 amide bonds. The molecule has 1 aromatic heterocycles. The Hall–Kier alpha value is -2.18. The highest BCUT2D eigenvalue weighted by molar-refractivity contribution is 6.19. The Kier molecular flexibility index (Phi) is 8.10. The fourth-order valence-electron chi connectivity index (χ4n) is 4.91. The van der Waals surface area contributed by atoms with E-state index in [9.17, 15) is 5.11 Å². The molecule has 1 aliphatic carbocycles. The van der Waals surface area contributed by atoms with Crippen LogP contribution in [0, 0.1) is 5.92 Å². The molecule has 1 saturated carbocycles. The van der Waals surface area contributed by atoms with Crippen LogP contribution in [0.4, 0.5) is 0 Å². The summed E-state index contributed by atoms with van der Waals surface area (Å²) in [4.78, 5) is 4.59. The van der Waals surface area contributed by atoms with Gasteiger partial charge in [-0.15, -0.1) is 0 Å². The van der Waals surface area contributed by atoms with E-state index in [1.54, 1.807) is 6.20 Å². The van der Waals surface area contributed by atoms with Crippen LogP contribution < -0.4 is 0 Å². The number of nitrogens with zero attached hydrogens (tertiary/aromatic N) is 2. The minimum Gasteiger partial charge on any atom is -0.436 e. The third-order valence-electron chi connectivity index (χ3n) is 6.90. The highest BCUT2D eigenvalue weighted by Gasteiger charge is 2.44. The second kappa shape index (κ2) is 11.0. The van der Waals surface area contributed by atoms with Crippen molar-refractivity contribution in [3.63, 3.8) is 0 Å². The number of ether oxygens (including phenoxy) is 1. The lowest BCUT2D eigenvalue weighted by molar-refractivity contribution is -0.905. The summed E-state index contributed by atoms with van der Waals surface area (Å²) in [5.41, 5.74) is 0.139. The lowest BCUT2D eigenvalue weighted by atomic mass is 9.73. The van der Waals surface area contributed by atoms with E-state index in [1.165, 1.54) is 6.42 Å². The fraction of sp³-hybridized carbons (Fsp3) is 0.464. The van der Waals surface area contributed by atoms with Crippen LogP contribution in [0.25, 0.3) is 0 Å². The third-order valence-corrected chi connectivity index (χ3v) is 7.27. The van der Waals surface area contributed by atoms with Gasteiger partial charge in [-0.2, -0.15) is 0 Å². The molecule has 0 radical (unpaired) electrons. The molecule has 0 aliphatic heterocycles. The molecule has 1 N–H and O–H groups in total.